The van der Waals surface area contributed by atoms with Crippen LogP contribution in [0.1, 0.15) is 12.5 Å². The molecular formula is C13H14F3NO3. The number of carbonyl (C=O) groups excluding carboxylic acids is 1. The summed E-state index contributed by atoms with van der Waals surface area (Å²) < 4.78 is 43.5. The Hall–Kier alpha value is -1.76. The summed E-state index contributed by atoms with van der Waals surface area (Å²) in [7, 11) is 0. The van der Waals surface area contributed by atoms with E-state index in [0.717, 1.165) is 6.07 Å². The summed E-state index contributed by atoms with van der Waals surface area (Å²) in [6.45, 7) is 1.76. The number of aliphatic hydroxyl groups excluding tert-OH is 1. The predicted molar refractivity (Wildman–Crippen MR) is 64.1 cm³/mol. The van der Waals surface area contributed by atoms with E-state index in [9.17, 15) is 18.0 Å². The topological polar surface area (TPSA) is 49.8 Å². The fraction of sp³-hybridized carbons (Fsp3) is 0.462. The highest BCUT2D eigenvalue weighted by molar-refractivity contribution is 5.81. The smallest absolute Gasteiger partial charge is 0.419 e. The summed E-state index contributed by atoms with van der Waals surface area (Å²) in [5.41, 5.74) is -0.914. The van der Waals surface area contributed by atoms with Gasteiger partial charge in [0.1, 0.15) is 5.75 Å². The fourth-order valence-electron chi connectivity index (χ4n) is 1.94. The van der Waals surface area contributed by atoms with E-state index in [-0.39, 0.29) is 18.8 Å². The third-order valence-corrected chi connectivity index (χ3v) is 3.02. The minimum absolute atomic E-state index is 0.188. The number of ether oxygens (including phenoxy) is 1. The van der Waals surface area contributed by atoms with Gasteiger partial charge in [-0.15, -0.1) is 0 Å². The number of β-amino-alcohol motifs (C(OH)–C–C–N with tert-alkyl or cyclic N) is 1. The number of hydrogen-bond donors (Lipinski definition) is 1. The zero-order chi connectivity index (χ0) is 14.9. The number of carbonyl (C=O) groups is 1. The number of para-hydroxylation sites is 1. The molecule has 1 saturated heterocycles. The molecule has 4 nitrogen and oxygen atoms in total. The molecule has 1 N–H and O–H groups in total. The molecule has 1 unspecified atom stereocenters. The summed E-state index contributed by atoms with van der Waals surface area (Å²) in [4.78, 5) is 13.2. The molecule has 0 aromatic heterocycles. The number of halogens is 3. The van der Waals surface area contributed by atoms with Crippen molar-refractivity contribution < 1.29 is 27.8 Å². The van der Waals surface area contributed by atoms with Crippen LogP contribution in [-0.4, -0.2) is 41.2 Å². The van der Waals surface area contributed by atoms with Crippen LogP contribution in [0.4, 0.5) is 13.2 Å². The minimum atomic E-state index is -4.54. The molecule has 1 amide bonds. The SMILES string of the molecule is CC(Oc1ccccc1C(F)(F)F)C(=O)N1CC(O)C1. The second kappa shape index (κ2) is 5.32. The number of hydrogen-bond acceptors (Lipinski definition) is 3. The molecule has 1 fully saturated rings. The molecule has 7 heteroatoms. The molecule has 2 rings (SSSR count). The van der Waals surface area contributed by atoms with Gasteiger partial charge in [0.15, 0.2) is 6.10 Å². The normalized spacial score (nSPS) is 17.6. The maximum atomic E-state index is 12.8. The second-order valence-electron chi connectivity index (χ2n) is 4.65. The third-order valence-electron chi connectivity index (χ3n) is 3.02. The van der Waals surface area contributed by atoms with Gasteiger partial charge < -0.3 is 14.7 Å². The summed E-state index contributed by atoms with van der Waals surface area (Å²) in [6, 6.07) is 4.75. The molecule has 1 aromatic rings. The van der Waals surface area contributed by atoms with Crippen LogP contribution in [0, 0.1) is 0 Å². The van der Waals surface area contributed by atoms with Crippen molar-refractivity contribution >= 4 is 5.91 Å². The molecule has 20 heavy (non-hydrogen) atoms. The molecule has 1 aliphatic heterocycles. The first-order chi connectivity index (χ1) is 9.29. The van der Waals surface area contributed by atoms with Crippen LogP contribution in [0.25, 0.3) is 0 Å². The lowest BCUT2D eigenvalue weighted by Crippen LogP contribution is -2.56. The number of benzene rings is 1. The van der Waals surface area contributed by atoms with Crippen molar-refractivity contribution in [3.8, 4) is 5.75 Å². The summed E-state index contributed by atoms with van der Waals surface area (Å²) >= 11 is 0. The van der Waals surface area contributed by atoms with Crippen molar-refractivity contribution in [2.75, 3.05) is 13.1 Å². The molecule has 1 atom stereocenters. The summed E-state index contributed by atoms with van der Waals surface area (Å²) in [5, 5.41) is 9.11. The van der Waals surface area contributed by atoms with Gasteiger partial charge in [-0.05, 0) is 19.1 Å². The van der Waals surface area contributed by atoms with Gasteiger partial charge in [-0.3, -0.25) is 4.79 Å². The van der Waals surface area contributed by atoms with Crippen LogP contribution in [0.3, 0.4) is 0 Å². The Morgan fingerprint density at radius 1 is 1.40 bits per heavy atom. The van der Waals surface area contributed by atoms with Crippen molar-refractivity contribution in [2.24, 2.45) is 0 Å². The van der Waals surface area contributed by atoms with Gasteiger partial charge in [0.05, 0.1) is 11.7 Å². The Morgan fingerprint density at radius 2 is 2.00 bits per heavy atom. The van der Waals surface area contributed by atoms with E-state index >= 15 is 0 Å². The van der Waals surface area contributed by atoms with Gasteiger partial charge in [0.25, 0.3) is 5.91 Å². The Bertz CT molecular complexity index is 498. The van der Waals surface area contributed by atoms with E-state index in [4.69, 9.17) is 9.84 Å². The third kappa shape index (κ3) is 3.04. The van der Waals surface area contributed by atoms with Crippen LogP contribution < -0.4 is 4.74 Å². The highest BCUT2D eigenvalue weighted by Crippen LogP contribution is 2.36. The highest BCUT2D eigenvalue weighted by atomic mass is 19.4. The lowest BCUT2D eigenvalue weighted by atomic mass is 10.1. The standard InChI is InChI=1S/C13H14F3NO3/c1-8(12(19)17-6-9(18)7-17)20-11-5-3-2-4-10(11)13(14,15)16/h2-5,8-9,18H,6-7H2,1H3. The monoisotopic (exact) mass is 289 g/mol. The van der Waals surface area contributed by atoms with Crippen molar-refractivity contribution in [3.05, 3.63) is 29.8 Å². The molecule has 1 aromatic carbocycles. The summed E-state index contributed by atoms with van der Waals surface area (Å²) in [5.74, 6) is -0.811. The number of likely N-dealkylation sites (tertiary alicyclic amines) is 1. The van der Waals surface area contributed by atoms with Crippen LogP contribution in [-0.2, 0) is 11.0 Å². The number of aliphatic hydroxyl groups is 1. The van der Waals surface area contributed by atoms with Gasteiger partial charge in [-0.25, -0.2) is 0 Å². The molecule has 0 saturated carbocycles. The van der Waals surface area contributed by atoms with Crippen LogP contribution in [0.5, 0.6) is 5.75 Å². The van der Waals surface area contributed by atoms with E-state index in [1.165, 1.54) is 30.0 Å². The van der Waals surface area contributed by atoms with Gasteiger partial charge >= 0.3 is 6.18 Å². The minimum Gasteiger partial charge on any atom is -0.480 e. The van der Waals surface area contributed by atoms with Gasteiger partial charge in [0.2, 0.25) is 0 Å². The maximum absolute atomic E-state index is 12.8. The Morgan fingerprint density at radius 3 is 2.55 bits per heavy atom. The molecule has 1 aliphatic rings. The Labute approximate surface area is 113 Å². The average Bonchev–Trinajstić information content (AvgIpc) is 2.33. The van der Waals surface area contributed by atoms with Gasteiger partial charge in [0, 0.05) is 13.1 Å². The predicted octanol–water partition coefficient (Wildman–Crippen LogP) is 1.68. The van der Waals surface area contributed by atoms with Crippen molar-refractivity contribution in [2.45, 2.75) is 25.3 Å². The molecule has 1 heterocycles. The van der Waals surface area contributed by atoms with E-state index in [1.54, 1.807) is 0 Å². The lowest BCUT2D eigenvalue weighted by molar-refractivity contribution is -0.150. The van der Waals surface area contributed by atoms with E-state index in [2.05, 4.69) is 0 Å². The van der Waals surface area contributed by atoms with Crippen LogP contribution in [0.15, 0.2) is 24.3 Å². The number of rotatable bonds is 3. The number of alkyl halides is 3. The largest absolute Gasteiger partial charge is 0.480 e. The average molecular weight is 289 g/mol. The quantitative estimate of drug-likeness (QED) is 0.921. The van der Waals surface area contributed by atoms with Crippen molar-refractivity contribution in [1.29, 1.82) is 0 Å². The number of amides is 1. The van der Waals surface area contributed by atoms with Crippen LogP contribution in [0.2, 0.25) is 0 Å². The highest BCUT2D eigenvalue weighted by Gasteiger charge is 2.36. The molecule has 0 radical (unpaired) electrons. The zero-order valence-corrected chi connectivity index (χ0v) is 10.7. The molecule has 0 bridgehead atoms. The molecular weight excluding hydrogens is 275 g/mol. The summed E-state index contributed by atoms with van der Waals surface area (Å²) in [6.07, 6.45) is -6.13. The fourth-order valence-corrected chi connectivity index (χ4v) is 1.94. The second-order valence-corrected chi connectivity index (χ2v) is 4.65. The van der Waals surface area contributed by atoms with E-state index in [0.29, 0.717) is 0 Å². The first kappa shape index (κ1) is 14.6. The molecule has 0 aliphatic carbocycles. The Balaban J connectivity index is 2.08. The first-order valence-electron chi connectivity index (χ1n) is 6.09. The van der Waals surface area contributed by atoms with E-state index in [1.807, 2.05) is 0 Å². The van der Waals surface area contributed by atoms with Crippen LogP contribution >= 0.6 is 0 Å². The van der Waals surface area contributed by atoms with Gasteiger partial charge in [-0.1, -0.05) is 12.1 Å². The molecule has 0 spiro atoms. The zero-order valence-electron chi connectivity index (χ0n) is 10.7. The van der Waals surface area contributed by atoms with Gasteiger partial charge in [-0.2, -0.15) is 13.2 Å². The van der Waals surface area contributed by atoms with E-state index < -0.39 is 29.9 Å². The number of nitrogens with zero attached hydrogens (tertiary/aromatic N) is 1. The van der Waals surface area contributed by atoms with Crippen molar-refractivity contribution in [1.82, 2.24) is 4.90 Å². The van der Waals surface area contributed by atoms with Crippen molar-refractivity contribution in [3.63, 3.8) is 0 Å². The Kier molecular flexibility index (Phi) is 3.89. The first-order valence-corrected chi connectivity index (χ1v) is 6.09. The maximum Gasteiger partial charge on any atom is 0.419 e. The molecule has 110 valence electrons. The lowest BCUT2D eigenvalue weighted by Gasteiger charge is -2.37.